The summed E-state index contributed by atoms with van der Waals surface area (Å²) in [5, 5.41) is 0. The van der Waals surface area contributed by atoms with Crippen LogP contribution in [-0.2, 0) is 22.5 Å². The number of benzene rings is 1. The van der Waals surface area contributed by atoms with Crippen molar-refractivity contribution < 1.29 is 9.53 Å². The average Bonchev–Trinajstić information content (AvgIpc) is 3.21. The second kappa shape index (κ2) is 6.16. The van der Waals surface area contributed by atoms with Crippen LogP contribution in [0.2, 0.25) is 0 Å². The van der Waals surface area contributed by atoms with Crippen LogP contribution in [0.1, 0.15) is 12.2 Å². The van der Waals surface area contributed by atoms with E-state index in [1.807, 2.05) is 29.3 Å². The van der Waals surface area contributed by atoms with E-state index in [4.69, 9.17) is 4.74 Å². The van der Waals surface area contributed by atoms with Crippen LogP contribution < -0.4 is 0 Å². The van der Waals surface area contributed by atoms with Crippen LogP contribution in [0.5, 0.6) is 0 Å². The molecule has 2 aliphatic rings. The minimum atomic E-state index is 0.0500. The summed E-state index contributed by atoms with van der Waals surface area (Å²) in [7, 11) is 0. The second-order valence-electron chi connectivity index (χ2n) is 6.21. The summed E-state index contributed by atoms with van der Waals surface area (Å²) in [6, 6.07) is 10.3. The number of aromatic nitrogens is 2. The number of carbonyl (C=O) groups excluding carboxylic acids is 1. The van der Waals surface area contributed by atoms with E-state index in [0.717, 1.165) is 44.0 Å². The van der Waals surface area contributed by atoms with E-state index in [0.29, 0.717) is 13.2 Å². The molecule has 1 atom stereocenters. The lowest BCUT2D eigenvalue weighted by Gasteiger charge is -2.23. The van der Waals surface area contributed by atoms with Gasteiger partial charge < -0.3 is 14.2 Å². The van der Waals surface area contributed by atoms with Crippen molar-refractivity contribution in [3.8, 4) is 11.3 Å². The van der Waals surface area contributed by atoms with Crippen molar-refractivity contribution in [2.24, 2.45) is 5.92 Å². The molecule has 5 nitrogen and oxygen atoms in total. The lowest BCUT2D eigenvalue weighted by atomic mass is 10.1. The number of imidazole rings is 1. The first-order valence-electron chi connectivity index (χ1n) is 8.29. The van der Waals surface area contributed by atoms with Gasteiger partial charge in [0.1, 0.15) is 5.82 Å². The molecule has 2 aromatic rings. The summed E-state index contributed by atoms with van der Waals surface area (Å²) in [6.07, 6.45) is 3.62. The van der Waals surface area contributed by atoms with Crippen LogP contribution in [0.15, 0.2) is 36.5 Å². The maximum absolute atomic E-state index is 12.6. The number of amides is 1. The Hall–Kier alpha value is -2.14. The molecule has 0 radical (unpaired) electrons. The number of rotatable bonds is 2. The van der Waals surface area contributed by atoms with Gasteiger partial charge in [0, 0.05) is 32.7 Å². The fourth-order valence-corrected chi connectivity index (χ4v) is 3.48. The summed E-state index contributed by atoms with van der Waals surface area (Å²) in [5.41, 5.74) is 2.31. The van der Waals surface area contributed by atoms with Gasteiger partial charge in [-0.3, -0.25) is 4.79 Å². The topological polar surface area (TPSA) is 47.4 Å². The average molecular weight is 311 g/mol. The van der Waals surface area contributed by atoms with Crippen LogP contribution >= 0.6 is 0 Å². The Balaban J connectivity index is 1.53. The molecule has 5 heteroatoms. The number of nitrogens with zero attached hydrogens (tertiary/aromatic N) is 3. The summed E-state index contributed by atoms with van der Waals surface area (Å²) >= 11 is 0. The summed E-state index contributed by atoms with van der Waals surface area (Å²) in [5.74, 6) is 1.37. The van der Waals surface area contributed by atoms with Crippen LogP contribution in [0.4, 0.5) is 0 Å². The molecule has 1 amide bonds. The molecule has 120 valence electrons. The molecule has 1 aromatic heterocycles. The fourth-order valence-electron chi connectivity index (χ4n) is 3.48. The predicted octanol–water partition coefficient (Wildman–Crippen LogP) is 1.97. The van der Waals surface area contributed by atoms with Crippen LogP contribution in [0.3, 0.4) is 0 Å². The van der Waals surface area contributed by atoms with Crippen molar-refractivity contribution in [1.82, 2.24) is 14.5 Å². The molecule has 23 heavy (non-hydrogen) atoms. The van der Waals surface area contributed by atoms with Crippen molar-refractivity contribution in [2.75, 3.05) is 26.3 Å². The van der Waals surface area contributed by atoms with Gasteiger partial charge in [0.15, 0.2) is 0 Å². The number of carbonyl (C=O) groups is 1. The van der Waals surface area contributed by atoms with E-state index < -0.39 is 0 Å². The van der Waals surface area contributed by atoms with Crippen molar-refractivity contribution >= 4 is 5.91 Å². The molecule has 2 aliphatic heterocycles. The molecule has 0 saturated carbocycles. The normalized spacial score (nSPS) is 21.0. The number of fused-ring (bicyclic) bond motifs is 1. The monoisotopic (exact) mass is 311 g/mol. The third kappa shape index (κ3) is 2.77. The highest BCUT2D eigenvalue weighted by Crippen LogP contribution is 2.23. The van der Waals surface area contributed by atoms with Crippen LogP contribution in [0.25, 0.3) is 11.3 Å². The molecule has 3 heterocycles. The first-order valence-corrected chi connectivity index (χ1v) is 8.29. The van der Waals surface area contributed by atoms with E-state index in [2.05, 4.69) is 21.7 Å². The SMILES string of the molecule is O=C([C@@H]1CCOC1)N1CCc2ncc(-c3ccccc3)n2CC1. The molecule has 0 N–H and O–H groups in total. The Morgan fingerprint density at radius 2 is 2.04 bits per heavy atom. The van der Waals surface area contributed by atoms with Gasteiger partial charge in [-0.15, -0.1) is 0 Å². The number of ether oxygens (including phenoxy) is 1. The molecule has 0 spiro atoms. The van der Waals surface area contributed by atoms with Gasteiger partial charge in [-0.1, -0.05) is 30.3 Å². The molecule has 1 saturated heterocycles. The van der Waals surface area contributed by atoms with E-state index in [9.17, 15) is 4.79 Å². The van der Waals surface area contributed by atoms with Gasteiger partial charge in [0.25, 0.3) is 0 Å². The largest absolute Gasteiger partial charge is 0.381 e. The second-order valence-corrected chi connectivity index (χ2v) is 6.21. The lowest BCUT2D eigenvalue weighted by Crippen LogP contribution is -2.38. The molecule has 4 rings (SSSR count). The maximum Gasteiger partial charge on any atom is 0.228 e. The van der Waals surface area contributed by atoms with E-state index >= 15 is 0 Å². The Labute approximate surface area is 135 Å². The van der Waals surface area contributed by atoms with Gasteiger partial charge >= 0.3 is 0 Å². The molecule has 1 aromatic carbocycles. The number of hydrogen-bond acceptors (Lipinski definition) is 3. The van der Waals surface area contributed by atoms with Gasteiger partial charge in [-0.2, -0.15) is 0 Å². The quantitative estimate of drug-likeness (QED) is 0.852. The third-order valence-corrected chi connectivity index (χ3v) is 4.80. The number of hydrogen-bond donors (Lipinski definition) is 0. The van der Waals surface area contributed by atoms with Gasteiger partial charge in [0.2, 0.25) is 5.91 Å². The molecule has 0 bridgehead atoms. The molecular weight excluding hydrogens is 290 g/mol. The van der Waals surface area contributed by atoms with Crippen LogP contribution in [0, 0.1) is 5.92 Å². The first-order chi connectivity index (χ1) is 11.3. The molecule has 1 fully saturated rings. The summed E-state index contributed by atoms with van der Waals surface area (Å²) in [4.78, 5) is 19.2. The maximum atomic E-state index is 12.6. The van der Waals surface area contributed by atoms with Crippen molar-refractivity contribution in [1.29, 1.82) is 0 Å². The molecule has 0 aliphatic carbocycles. The third-order valence-electron chi connectivity index (χ3n) is 4.80. The minimum Gasteiger partial charge on any atom is -0.381 e. The molecular formula is C18H21N3O2. The first kappa shape index (κ1) is 14.5. The lowest BCUT2D eigenvalue weighted by molar-refractivity contribution is -0.135. The smallest absolute Gasteiger partial charge is 0.228 e. The van der Waals surface area contributed by atoms with E-state index in [1.54, 1.807) is 0 Å². The predicted molar refractivity (Wildman–Crippen MR) is 86.9 cm³/mol. The highest BCUT2D eigenvalue weighted by Gasteiger charge is 2.29. The fraction of sp³-hybridized carbons (Fsp3) is 0.444. The zero-order chi connectivity index (χ0) is 15.6. The van der Waals surface area contributed by atoms with E-state index in [1.165, 1.54) is 5.56 Å². The minimum absolute atomic E-state index is 0.0500. The Morgan fingerprint density at radius 1 is 1.17 bits per heavy atom. The Bertz CT molecular complexity index is 690. The highest BCUT2D eigenvalue weighted by molar-refractivity contribution is 5.79. The van der Waals surface area contributed by atoms with Crippen molar-refractivity contribution in [3.63, 3.8) is 0 Å². The zero-order valence-electron chi connectivity index (χ0n) is 13.1. The highest BCUT2D eigenvalue weighted by atomic mass is 16.5. The Morgan fingerprint density at radius 3 is 2.83 bits per heavy atom. The van der Waals surface area contributed by atoms with Gasteiger partial charge in [-0.05, 0) is 12.0 Å². The van der Waals surface area contributed by atoms with Crippen molar-refractivity contribution in [3.05, 3.63) is 42.4 Å². The summed E-state index contributed by atoms with van der Waals surface area (Å²) in [6.45, 7) is 3.59. The van der Waals surface area contributed by atoms with Gasteiger partial charge in [-0.25, -0.2) is 4.98 Å². The zero-order valence-corrected chi connectivity index (χ0v) is 13.1. The van der Waals surface area contributed by atoms with Crippen LogP contribution in [-0.4, -0.2) is 46.7 Å². The van der Waals surface area contributed by atoms with E-state index in [-0.39, 0.29) is 11.8 Å². The standard InChI is InChI=1S/C18H21N3O2/c22-18(15-7-11-23-13-15)20-8-6-17-19-12-16(21(17)10-9-20)14-4-2-1-3-5-14/h1-5,12,15H,6-11,13H2/t15-/m1/s1. The Kier molecular flexibility index (Phi) is 3.87. The van der Waals surface area contributed by atoms with Gasteiger partial charge in [0.05, 0.1) is 24.4 Å². The summed E-state index contributed by atoms with van der Waals surface area (Å²) < 4.78 is 7.62. The molecule has 0 unspecified atom stereocenters. The van der Waals surface area contributed by atoms with Crippen molar-refractivity contribution in [2.45, 2.75) is 19.4 Å².